The van der Waals surface area contributed by atoms with Gasteiger partial charge in [-0.25, -0.2) is 0 Å². The number of unbranched alkanes of at least 4 members (excludes halogenated alkanes) is 3. The zero-order valence-electron chi connectivity index (χ0n) is 13.8. The Morgan fingerprint density at radius 1 is 1.32 bits per heavy atom. The van der Waals surface area contributed by atoms with Crippen molar-refractivity contribution in [2.45, 2.75) is 59.0 Å². The summed E-state index contributed by atoms with van der Waals surface area (Å²) in [6.45, 7) is 7.90. The molecule has 0 aromatic heterocycles. The molecular weight excluding hydrogens is 280 g/mol. The molecule has 22 heavy (non-hydrogen) atoms. The molecule has 122 valence electrons. The molecule has 0 spiro atoms. The van der Waals surface area contributed by atoms with Gasteiger partial charge in [0.15, 0.2) is 5.75 Å². The first-order valence-corrected chi connectivity index (χ1v) is 8.25. The van der Waals surface area contributed by atoms with E-state index in [1.165, 1.54) is 19.3 Å². The molecule has 1 aliphatic rings. The molecule has 1 aromatic carbocycles. The van der Waals surface area contributed by atoms with Crippen molar-refractivity contribution >= 4 is 11.4 Å². The van der Waals surface area contributed by atoms with Crippen LogP contribution in [0.15, 0.2) is 12.1 Å². The highest BCUT2D eigenvalue weighted by Crippen LogP contribution is 2.39. The van der Waals surface area contributed by atoms with Crippen LogP contribution < -0.4 is 9.64 Å². The van der Waals surface area contributed by atoms with Crippen LogP contribution in [0.25, 0.3) is 0 Å². The molecule has 5 heteroatoms. The molecule has 5 nitrogen and oxygen atoms in total. The minimum absolute atomic E-state index is 0.0664. The highest BCUT2D eigenvalue weighted by atomic mass is 16.6. The van der Waals surface area contributed by atoms with Gasteiger partial charge in [-0.3, -0.25) is 10.1 Å². The van der Waals surface area contributed by atoms with E-state index in [1.807, 2.05) is 19.9 Å². The molecule has 0 aliphatic carbocycles. The second-order valence-electron chi connectivity index (χ2n) is 6.17. The molecule has 0 fully saturated rings. The van der Waals surface area contributed by atoms with Crippen molar-refractivity contribution in [3.63, 3.8) is 0 Å². The minimum atomic E-state index is -0.342. The van der Waals surface area contributed by atoms with Crippen LogP contribution in [0.5, 0.6) is 5.75 Å². The van der Waals surface area contributed by atoms with Crippen LogP contribution in [0.3, 0.4) is 0 Å². The molecule has 0 unspecified atom stereocenters. The van der Waals surface area contributed by atoms with Crippen molar-refractivity contribution in [1.82, 2.24) is 0 Å². The Labute approximate surface area is 132 Å². The molecule has 1 aromatic rings. The lowest BCUT2D eigenvalue weighted by Gasteiger charge is -2.19. The highest BCUT2D eigenvalue weighted by molar-refractivity contribution is 5.67. The van der Waals surface area contributed by atoms with E-state index >= 15 is 0 Å². The maximum absolute atomic E-state index is 11.3. The molecule has 0 saturated heterocycles. The van der Waals surface area contributed by atoms with Gasteiger partial charge >= 0.3 is 5.69 Å². The van der Waals surface area contributed by atoms with Crippen LogP contribution in [-0.4, -0.2) is 24.1 Å². The maximum atomic E-state index is 11.3. The standard InChI is InChI=1S/C17H26N2O3/c1-4-5-6-7-9-18-10-8-14-11-17(22-13(2)3)16(19(20)21)12-15(14)18/h11-13H,4-10H2,1-3H3. The highest BCUT2D eigenvalue weighted by Gasteiger charge is 2.26. The van der Waals surface area contributed by atoms with Crippen LogP contribution in [0.2, 0.25) is 0 Å². The van der Waals surface area contributed by atoms with E-state index < -0.39 is 0 Å². The van der Waals surface area contributed by atoms with Gasteiger partial charge in [-0.05, 0) is 38.3 Å². The molecule has 0 amide bonds. The molecule has 0 radical (unpaired) electrons. The van der Waals surface area contributed by atoms with Crippen molar-refractivity contribution in [1.29, 1.82) is 0 Å². The number of benzene rings is 1. The van der Waals surface area contributed by atoms with Gasteiger partial charge in [-0.1, -0.05) is 26.2 Å². The summed E-state index contributed by atoms with van der Waals surface area (Å²) in [5, 5.41) is 11.3. The number of nitro benzene ring substituents is 1. The normalized spacial score (nSPS) is 13.5. The van der Waals surface area contributed by atoms with Gasteiger partial charge in [-0.2, -0.15) is 0 Å². The summed E-state index contributed by atoms with van der Waals surface area (Å²) < 4.78 is 5.62. The number of hydrogen-bond donors (Lipinski definition) is 0. The Morgan fingerprint density at radius 2 is 2.09 bits per heavy atom. The van der Waals surface area contributed by atoms with Gasteiger partial charge in [0.1, 0.15) is 0 Å². The van der Waals surface area contributed by atoms with Crippen LogP contribution in [0.4, 0.5) is 11.4 Å². The van der Waals surface area contributed by atoms with Gasteiger partial charge in [0.25, 0.3) is 0 Å². The van der Waals surface area contributed by atoms with Crippen molar-refractivity contribution in [2.75, 3.05) is 18.0 Å². The quantitative estimate of drug-likeness (QED) is 0.407. The topological polar surface area (TPSA) is 55.6 Å². The van der Waals surface area contributed by atoms with E-state index in [1.54, 1.807) is 6.07 Å². The number of anilines is 1. The molecule has 0 N–H and O–H groups in total. The number of nitrogens with zero attached hydrogens (tertiary/aromatic N) is 2. The average Bonchev–Trinajstić information content (AvgIpc) is 2.84. The predicted octanol–water partition coefficient (Wildman–Crippen LogP) is 4.32. The first kappa shape index (κ1) is 16.6. The third-order valence-electron chi connectivity index (χ3n) is 3.99. The Balaban J connectivity index is 2.17. The molecular formula is C17H26N2O3. The molecule has 1 aliphatic heterocycles. The Morgan fingerprint density at radius 3 is 2.73 bits per heavy atom. The van der Waals surface area contributed by atoms with Gasteiger partial charge in [-0.15, -0.1) is 0 Å². The zero-order valence-corrected chi connectivity index (χ0v) is 13.8. The van der Waals surface area contributed by atoms with Gasteiger partial charge in [0.2, 0.25) is 0 Å². The lowest BCUT2D eigenvalue weighted by molar-refractivity contribution is -0.386. The second-order valence-corrected chi connectivity index (χ2v) is 6.17. The molecule has 0 saturated carbocycles. The van der Waals surface area contributed by atoms with E-state index in [0.717, 1.165) is 37.2 Å². The van der Waals surface area contributed by atoms with Crippen LogP contribution in [0.1, 0.15) is 52.0 Å². The monoisotopic (exact) mass is 306 g/mol. The summed E-state index contributed by atoms with van der Waals surface area (Å²) >= 11 is 0. The minimum Gasteiger partial charge on any atom is -0.484 e. The summed E-state index contributed by atoms with van der Waals surface area (Å²) in [4.78, 5) is 13.2. The van der Waals surface area contributed by atoms with Crippen molar-refractivity contribution < 1.29 is 9.66 Å². The Kier molecular flexibility index (Phi) is 5.63. The summed E-state index contributed by atoms with van der Waals surface area (Å²) in [6, 6.07) is 3.55. The first-order valence-electron chi connectivity index (χ1n) is 8.25. The van der Waals surface area contributed by atoms with E-state index in [4.69, 9.17) is 4.74 Å². The van der Waals surface area contributed by atoms with E-state index in [-0.39, 0.29) is 16.7 Å². The van der Waals surface area contributed by atoms with E-state index in [2.05, 4.69) is 11.8 Å². The molecule has 2 rings (SSSR count). The largest absolute Gasteiger partial charge is 0.484 e. The van der Waals surface area contributed by atoms with Crippen LogP contribution >= 0.6 is 0 Å². The van der Waals surface area contributed by atoms with E-state index in [0.29, 0.717) is 5.75 Å². The fourth-order valence-corrected chi connectivity index (χ4v) is 2.92. The van der Waals surface area contributed by atoms with Crippen LogP contribution in [0, 0.1) is 10.1 Å². The fraction of sp³-hybridized carbons (Fsp3) is 0.647. The maximum Gasteiger partial charge on any atom is 0.313 e. The number of rotatable bonds is 8. The van der Waals surface area contributed by atoms with Gasteiger partial charge < -0.3 is 9.64 Å². The van der Waals surface area contributed by atoms with Crippen molar-refractivity contribution in [2.24, 2.45) is 0 Å². The predicted molar refractivity (Wildman–Crippen MR) is 88.9 cm³/mol. The summed E-state index contributed by atoms with van der Waals surface area (Å²) in [6.07, 6.45) is 5.71. The third kappa shape index (κ3) is 3.90. The van der Waals surface area contributed by atoms with Crippen LogP contribution in [-0.2, 0) is 6.42 Å². The molecule has 0 atom stereocenters. The van der Waals surface area contributed by atoms with Gasteiger partial charge in [0, 0.05) is 24.8 Å². The average molecular weight is 306 g/mol. The molecule has 0 bridgehead atoms. The number of ether oxygens (including phenoxy) is 1. The summed E-state index contributed by atoms with van der Waals surface area (Å²) in [5.74, 6) is 0.395. The number of hydrogen-bond acceptors (Lipinski definition) is 4. The van der Waals surface area contributed by atoms with Crippen molar-refractivity contribution in [3.8, 4) is 5.75 Å². The number of fused-ring (bicyclic) bond motifs is 1. The Hall–Kier alpha value is -1.78. The fourth-order valence-electron chi connectivity index (χ4n) is 2.92. The SMILES string of the molecule is CCCCCCN1CCc2cc(OC(C)C)c([N+](=O)[O-])cc21. The molecule has 1 heterocycles. The first-order chi connectivity index (χ1) is 10.5. The van der Waals surface area contributed by atoms with Crippen molar-refractivity contribution in [3.05, 3.63) is 27.8 Å². The van der Waals surface area contributed by atoms with E-state index in [9.17, 15) is 10.1 Å². The summed E-state index contributed by atoms with van der Waals surface area (Å²) in [7, 11) is 0. The lowest BCUT2D eigenvalue weighted by atomic mass is 10.1. The second kappa shape index (κ2) is 7.47. The summed E-state index contributed by atoms with van der Waals surface area (Å²) in [5.41, 5.74) is 2.25. The number of nitro groups is 1. The zero-order chi connectivity index (χ0) is 16.1. The van der Waals surface area contributed by atoms with Gasteiger partial charge in [0.05, 0.1) is 11.0 Å². The third-order valence-corrected chi connectivity index (χ3v) is 3.99. The smallest absolute Gasteiger partial charge is 0.313 e. The Bertz CT molecular complexity index is 529. The lowest BCUT2D eigenvalue weighted by Crippen LogP contribution is -2.21.